The Labute approximate surface area is 150 Å². The Morgan fingerprint density at radius 2 is 1.77 bits per heavy atom. The van der Waals surface area contributed by atoms with Crippen molar-refractivity contribution >= 4 is 10.0 Å². The van der Waals surface area contributed by atoms with Crippen LogP contribution in [0.25, 0.3) is 0 Å². The van der Waals surface area contributed by atoms with Crippen LogP contribution in [0.1, 0.15) is 35.2 Å². The molecule has 26 heavy (non-hydrogen) atoms. The molecule has 1 unspecified atom stereocenters. The first-order chi connectivity index (χ1) is 12.2. The van der Waals surface area contributed by atoms with Crippen LogP contribution in [-0.2, 0) is 29.2 Å². The summed E-state index contributed by atoms with van der Waals surface area (Å²) in [5.74, 6) is 0. The van der Waals surface area contributed by atoms with Crippen molar-refractivity contribution in [3.05, 3.63) is 64.7 Å². The van der Waals surface area contributed by atoms with Crippen molar-refractivity contribution in [2.75, 3.05) is 6.54 Å². The number of hydrogen-bond acceptors (Lipinski definition) is 3. The lowest BCUT2D eigenvalue weighted by Crippen LogP contribution is -2.28. The van der Waals surface area contributed by atoms with E-state index in [1.54, 1.807) is 25.1 Å². The molecule has 1 atom stereocenters. The zero-order valence-electron chi connectivity index (χ0n) is 14.1. The summed E-state index contributed by atoms with van der Waals surface area (Å²) in [5, 5.41) is 3.22. The molecule has 0 fully saturated rings. The quantitative estimate of drug-likeness (QED) is 0.850. The maximum Gasteiger partial charge on any atom is 0.416 e. The standard InChI is InChI=1S/C18H19F3N2O2S/c1-12(13-2-5-16(6-3-13)18(19,20)21)23-26(24,25)17-7-4-15-11-22-9-8-14(15)10-17/h2-7,10,12,22-23H,8-9,11H2,1H3. The fourth-order valence-electron chi connectivity index (χ4n) is 2.95. The van der Waals surface area contributed by atoms with Crippen molar-refractivity contribution in [2.24, 2.45) is 0 Å². The minimum absolute atomic E-state index is 0.164. The third-order valence-electron chi connectivity index (χ3n) is 4.44. The van der Waals surface area contributed by atoms with E-state index in [-0.39, 0.29) is 4.90 Å². The van der Waals surface area contributed by atoms with E-state index >= 15 is 0 Å². The highest BCUT2D eigenvalue weighted by Crippen LogP contribution is 2.30. The van der Waals surface area contributed by atoms with Crippen LogP contribution in [0.3, 0.4) is 0 Å². The second kappa shape index (κ2) is 7.02. The number of halogens is 3. The highest BCUT2D eigenvalue weighted by Gasteiger charge is 2.30. The number of benzene rings is 2. The van der Waals surface area contributed by atoms with Gasteiger partial charge in [-0.05, 0) is 60.8 Å². The van der Waals surface area contributed by atoms with E-state index in [0.29, 0.717) is 12.1 Å². The monoisotopic (exact) mass is 384 g/mol. The average Bonchev–Trinajstić information content (AvgIpc) is 2.60. The third kappa shape index (κ3) is 4.08. The van der Waals surface area contributed by atoms with Crippen LogP contribution in [0.2, 0.25) is 0 Å². The molecule has 1 aliphatic rings. The Hall–Kier alpha value is -1.90. The molecule has 0 saturated heterocycles. The lowest BCUT2D eigenvalue weighted by atomic mass is 10.0. The van der Waals surface area contributed by atoms with Crippen LogP contribution in [-0.4, -0.2) is 15.0 Å². The van der Waals surface area contributed by atoms with Gasteiger partial charge in [-0.2, -0.15) is 13.2 Å². The van der Waals surface area contributed by atoms with Crippen LogP contribution >= 0.6 is 0 Å². The number of hydrogen-bond donors (Lipinski definition) is 2. The van der Waals surface area contributed by atoms with Gasteiger partial charge in [0.05, 0.1) is 10.5 Å². The summed E-state index contributed by atoms with van der Waals surface area (Å²) in [6.07, 6.45) is -3.66. The minimum atomic E-state index is -4.42. The van der Waals surface area contributed by atoms with Gasteiger partial charge in [-0.1, -0.05) is 18.2 Å². The summed E-state index contributed by atoms with van der Waals surface area (Å²) >= 11 is 0. The van der Waals surface area contributed by atoms with Crippen molar-refractivity contribution in [3.8, 4) is 0 Å². The lowest BCUT2D eigenvalue weighted by molar-refractivity contribution is -0.137. The molecular formula is C18H19F3N2O2S. The number of rotatable bonds is 4. The molecule has 0 amide bonds. The molecule has 0 bridgehead atoms. The molecule has 1 aliphatic heterocycles. The minimum Gasteiger partial charge on any atom is -0.312 e. The lowest BCUT2D eigenvalue weighted by Gasteiger charge is -2.19. The van der Waals surface area contributed by atoms with Crippen LogP contribution in [0.4, 0.5) is 13.2 Å². The topological polar surface area (TPSA) is 58.2 Å². The number of alkyl halides is 3. The van der Waals surface area contributed by atoms with Gasteiger partial charge in [-0.3, -0.25) is 0 Å². The molecule has 2 aromatic carbocycles. The van der Waals surface area contributed by atoms with Crippen LogP contribution in [0.5, 0.6) is 0 Å². The van der Waals surface area contributed by atoms with E-state index in [2.05, 4.69) is 10.0 Å². The molecule has 140 valence electrons. The second-order valence-corrected chi connectivity index (χ2v) is 8.03. The van der Waals surface area contributed by atoms with E-state index in [1.165, 1.54) is 12.1 Å². The van der Waals surface area contributed by atoms with Gasteiger partial charge in [0.1, 0.15) is 0 Å². The van der Waals surface area contributed by atoms with Crippen molar-refractivity contribution in [1.29, 1.82) is 0 Å². The molecule has 0 aliphatic carbocycles. The molecule has 4 nitrogen and oxygen atoms in total. The maximum absolute atomic E-state index is 12.6. The smallest absolute Gasteiger partial charge is 0.312 e. The Bertz CT molecular complexity index is 894. The molecule has 2 aromatic rings. The molecular weight excluding hydrogens is 365 g/mol. The Kier molecular flexibility index (Phi) is 5.09. The first-order valence-electron chi connectivity index (χ1n) is 8.19. The molecule has 2 N–H and O–H groups in total. The van der Waals surface area contributed by atoms with E-state index < -0.39 is 27.8 Å². The maximum atomic E-state index is 12.6. The van der Waals surface area contributed by atoms with Gasteiger partial charge in [-0.15, -0.1) is 0 Å². The Balaban J connectivity index is 1.78. The second-order valence-electron chi connectivity index (χ2n) is 6.32. The molecule has 0 radical (unpaired) electrons. The number of fused-ring (bicyclic) bond motifs is 1. The zero-order chi connectivity index (χ0) is 18.9. The summed E-state index contributed by atoms with van der Waals surface area (Å²) in [4.78, 5) is 0.164. The summed E-state index contributed by atoms with van der Waals surface area (Å²) < 4.78 is 65.7. The highest BCUT2D eigenvalue weighted by molar-refractivity contribution is 7.89. The molecule has 0 aromatic heterocycles. The average molecular weight is 384 g/mol. The van der Waals surface area contributed by atoms with Crippen LogP contribution in [0.15, 0.2) is 47.4 Å². The van der Waals surface area contributed by atoms with Crippen molar-refractivity contribution < 1.29 is 21.6 Å². The van der Waals surface area contributed by atoms with E-state index in [0.717, 1.165) is 36.2 Å². The van der Waals surface area contributed by atoms with Gasteiger partial charge in [0, 0.05) is 12.6 Å². The largest absolute Gasteiger partial charge is 0.416 e. The van der Waals surface area contributed by atoms with E-state index in [1.807, 2.05) is 0 Å². The molecule has 0 saturated carbocycles. The first kappa shape index (κ1) is 18.9. The molecule has 8 heteroatoms. The van der Waals surface area contributed by atoms with Crippen molar-refractivity contribution in [2.45, 2.75) is 37.0 Å². The van der Waals surface area contributed by atoms with Crippen molar-refractivity contribution in [3.63, 3.8) is 0 Å². The van der Waals surface area contributed by atoms with E-state index in [4.69, 9.17) is 0 Å². The van der Waals surface area contributed by atoms with Crippen LogP contribution < -0.4 is 10.0 Å². The fraction of sp³-hybridized carbons (Fsp3) is 0.333. The van der Waals surface area contributed by atoms with Gasteiger partial charge >= 0.3 is 6.18 Å². The molecule has 3 rings (SSSR count). The Morgan fingerprint density at radius 3 is 2.42 bits per heavy atom. The number of nitrogens with one attached hydrogen (secondary N) is 2. The van der Waals surface area contributed by atoms with Crippen molar-refractivity contribution in [1.82, 2.24) is 10.0 Å². The van der Waals surface area contributed by atoms with Gasteiger partial charge in [-0.25, -0.2) is 13.1 Å². The SMILES string of the molecule is CC(NS(=O)(=O)c1ccc2c(c1)CCNC2)c1ccc(C(F)(F)F)cc1. The summed E-state index contributed by atoms with van der Waals surface area (Å²) in [6, 6.07) is 8.82. The predicted molar refractivity (Wildman–Crippen MR) is 92.0 cm³/mol. The van der Waals surface area contributed by atoms with Gasteiger partial charge < -0.3 is 5.32 Å². The van der Waals surface area contributed by atoms with Gasteiger partial charge in [0.15, 0.2) is 0 Å². The number of sulfonamides is 1. The summed E-state index contributed by atoms with van der Waals surface area (Å²) in [7, 11) is -3.77. The molecule has 1 heterocycles. The fourth-order valence-corrected chi connectivity index (χ4v) is 4.23. The Morgan fingerprint density at radius 1 is 1.08 bits per heavy atom. The summed E-state index contributed by atoms with van der Waals surface area (Å²) in [5.41, 5.74) is 1.77. The first-order valence-corrected chi connectivity index (χ1v) is 9.67. The summed E-state index contributed by atoms with van der Waals surface area (Å²) in [6.45, 7) is 3.11. The molecule has 0 spiro atoms. The van der Waals surface area contributed by atoms with E-state index in [9.17, 15) is 21.6 Å². The normalized spacial score (nSPS) is 16.2. The highest BCUT2D eigenvalue weighted by atomic mass is 32.2. The predicted octanol–water partition coefficient (Wildman–Crippen LogP) is 3.39. The zero-order valence-corrected chi connectivity index (χ0v) is 14.9. The van der Waals surface area contributed by atoms with Gasteiger partial charge in [0.25, 0.3) is 0 Å². The third-order valence-corrected chi connectivity index (χ3v) is 5.98. The van der Waals surface area contributed by atoms with Crippen LogP contribution in [0, 0.1) is 0 Å². The van der Waals surface area contributed by atoms with Gasteiger partial charge in [0.2, 0.25) is 10.0 Å².